The first-order valence-electron chi connectivity index (χ1n) is 11.0. The summed E-state index contributed by atoms with van der Waals surface area (Å²) in [6.07, 6.45) is 4.52. The Morgan fingerprint density at radius 3 is 2.50 bits per heavy atom. The van der Waals surface area contributed by atoms with Gasteiger partial charge in [-0.25, -0.2) is 17.2 Å². The fourth-order valence-electron chi connectivity index (χ4n) is 3.19. The maximum atomic E-state index is 14.2. The summed E-state index contributed by atoms with van der Waals surface area (Å²) in [5.74, 6) is -2.36. The Labute approximate surface area is 218 Å². The van der Waals surface area contributed by atoms with E-state index in [1.165, 1.54) is 24.3 Å². The zero-order valence-electron chi connectivity index (χ0n) is 19.2. The van der Waals surface area contributed by atoms with Crippen molar-refractivity contribution in [1.82, 2.24) is 0 Å². The van der Waals surface area contributed by atoms with E-state index in [-0.39, 0.29) is 38.4 Å². The third-order valence-electron chi connectivity index (χ3n) is 5.08. The molecule has 0 saturated heterocycles. The number of halogens is 4. The number of carbonyl (C=O) groups is 1. The predicted octanol–water partition coefficient (Wildman–Crippen LogP) is 7.09. The first-order valence-corrected chi connectivity index (χ1v) is 13.2. The molecule has 0 spiro atoms. The zero-order valence-corrected chi connectivity index (χ0v) is 21.5. The quantitative estimate of drug-likeness (QED) is 0.207. The summed E-state index contributed by atoms with van der Waals surface area (Å²) in [6, 6.07) is 11.4. The van der Waals surface area contributed by atoms with Crippen LogP contribution in [0.1, 0.15) is 42.1 Å². The molecule has 190 valence electrons. The van der Waals surface area contributed by atoms with E-state index in [1.54, 1.807) is 12.3 Å². The number of unbranched alkanes of at least 4 members (excludes halogenated alkanes) is 2. The van der Waals surface area contributed by atoms with Gasteiger partial charge in [0.15, 0.2) is 0 Å². The van der Waals surface area contributed by atoms with E-state index in [1.807, 2.05) is 0 Å². The predicted molar refractivity (Wildman–Crippen MR) is 140 cm³/mol. The Kier molecular flexibility index (Phi) is 9.42. The molecule has 0 aromatic heterocycles. The number of aliphatic imine (C=N–C) groups is 1. The summed E-state index contributed by atoms with van der Waals surface area (Å²) in [7, 11) is -4.17. The van der Waals surface area contributed by atoms with Gasteiger partial charge >= 0.3 is 0 Å². The molecule has 0 atom stereocenters. The maximum Gasteiger partial charge on any atom is 0.261 e. The van der Waals surface area contributed by atoms with Crippen LogP contribution < -0.4 is 10.0 Å². The minimum absolute atomic E-state index is 0.0698. The normalized spacial score (nSPS) is 11.6. The zero-order chi connectivity index (χ0) is 26.3. The van der Waals surface area contributed by atoms with E-state index in [0.29, 0.717) is 5.56 Å². The second-order valence-corrected chi connectivity index (χ2v) is 10.3. The lowest BCUT2D eigenvalue weighted by Crippen LogP contribution is -2.17. The number of nitrogens with zero attached hydrogens (tertiary/aromatic N) is 1. The first kappa shape index (κ1) is 27.6. The Balaban J connectivity index is 1.93. The van der Waals surface area contributed by atoms with E-state index in [0.717, 1.165) is 43.5 Å². The van der Waals surface area contributed by atoms with Crippen molar-refractivity contribution in [2.45, 2.75) is 37.6 Å². The van der Waals surface area contributed by atoms with Gasteiger partial charge in [0.2, 0.25) is 0 Å². The van der Waals surface area contributed by atoms with Crippen LogP contribution in [0.5, 0.6) is 0 Å². The van der Waals surface area contributed by atoms with Gasteiger partial charge in [0.05, 0.1) is 32.7 Å². The number of carbonyl (C=O) groups excluding carboxylic acids is 1. The molecule has 36 heavy (non-hydrogen) atoms. The van der Waals surface area contributed by atoms with Gasteiger partial charge in [-0.1, -0.05) is 48.7 Å². The van der Waals surface area contributed by atoms with Crippen molar-refractivity contribution >= 4 is 56.7 Å². The van der Waals surface area contributed by atoms with Crippen LogP contribution in [0.4, 0.5) is 20.2 Å². The van der Waals surface area contributed by atoms with Gasteiger partial charge in [-0.3, -0.25) is 14.5 Å². The van der Waals surface area contributed by atoms with Crippen molar-refractivity contribution in [2.75, 3.05) is 10.0 Å². The molecule has 0 bridgehead atoms. The van der Waals surface area contributed by atoms with Gasteiger partial charge in [0.1, 0.15) is 11.6 Å². The Hall–Kier alpha value is -3.01. The molecule has 1 amide bonds. The highest BCUT2D eigenvalue weighted by molar-refractivity contribution is 7.92. The average Bonchev–Trinajstić information content (AvgIpc) is 2.81. The van der Waals surface area contributed by atoms with Crippen LogP contribution in [0.3, 0.4) is 0 Å². The number of hydrogen-bond acceptors (Lipinski definition) is 4. The SMILES string of the molecule is CCCCC=NCc1ccc(NC(=O)c2c(F)cccc2Cl)cc1NS(=O)(=O)c1ccc(F)c(Cl)c1. The number of nitrogens with one attached hydrogen (secondary N) is 2. The number of rotatable bonds is 10. The van der Waals surface area contributed by atoms with Gasteiger partial charge < -0.3 is 5.32 Å². The summed E-state index contributed by atoms with van der Waals surface area (Å²) < 4.78 is 56.1. The van der Waals surface area contributed by atoms with E-state index < -0.39 is 27.6 Å². The smallest absolute Gasteiger partial charge is 0.261 e. The summed E-state index contributed by atoms with van der Waals surface area (Å²) >= 11 is 11.7. The first-order chi connectivity index (χ1) is 17.1. The molecule has 6 nitrogen and oxygen atoms in total. The fourth-order valence-corrected chi connectivity index (χ4v) is 4.80. The highest BCUT2D eigenvalue weighted by Crippen LogP contribution is 2.28. The van der Waals surface area contributed by atoms with Crippen LogP contribution >= 0.6 is 23.2 Å². The third kappa shape index (κ3) is 7.02. The maximum absolute atomic E-state index is 14.2. The Bertz CT molecular complexity index is 1380. The number of anilines is 2. The summed E-state index contributed by atoms with van der Waals surface area (Å²) in [5.41, 5.74) is 0.488. The lowest BCUT2D eigenvalue weighted by atomic mass is 10.1. The molecule has 0 saturated carbocycles. The summed E-state index contributed by atoms with van der Waals surface area (Å²) in [5, 5.41) is 2.11. The van der Waals surface area contributed by atoms with E-state index >= 15 is 0 Å². The topological polar surface area (TPSA) is 87.6 Å². The second kappa shape index (κ2) is 12.3. The van der Waals surface area contributed by atoms with Crippen LogP contribution in [-0.2, 0) is 16.6 Å². The van der Waals surface area contributed by atoms with Crippen molar-refractivity contribution in [3.8, 4) is 0 Å². The van der Waals surface area contributed by atoms with Gasteiger partial charge in [0.25, 0.3) is 15.9 Å². The highest BCUT2D eigenvalue weighted by Gasteiger charge is 2.20. The lowest BCUT2D eigenvalue weighted by Gasteiger charge is -2.15. The standard InChI is InChI=1S/C25H23Cl2F2N3O3S/c1-2-3-4-12-30-15-16-8-9-17(31-25(33)24-19(26)6-5-7-22(24)29)13-23(16)32-36(34,35)18-10-11-21(28)20(27)14-18/h5-14,32H,2-4,15H2,1H3,(H,31,33). The van der Waals surface area contributed by atoms with E-state index in [4.69, 9.17) is 23.2 Å². The minimum Gasteiger partial charge on any atom is -0.322 e. The van der Waals surface area contributed by atoms with Crippen LogP contribution in [0.2, 0.25) is 10.0 Å². The molecule has 0 aliphatic rings. The summed E-state index contributed by atoms with van der Waals surface area (Å²) in [4.78, 5) is 16.7. The molecule has 0 radical (unpaired) electrons. The molecule has 0 aliphatic heterocycles. The van der Waals surface area contributed by atoms with Crippen LogP contribution in [0.25, 0.3) is 0 Å². The van der Waals surface area contributed by atoms with Crippen LogP contribution in [0.15, 0.2) is 64.5 Å². The van der Waals surface area contributed by atoms with Crippen LogP contribution in [-0.4, -0.2) is 20.5 Å². The van der Waals surface area contributed by atoms with Gasteiger partial charge in [0, 0.05) is 5.69 Å². The molecular formula is C25H23Cl2F2N3O3S. The van der Waals surface area contributed by atoms with E-state index in [9.17, 15) is 22.0 Å². The van der Waals surface area contributed by atoms with Crippen molar-refractivity contribution in [2.24, 2.45) is 4.99 Å². The molecule has 3 aromatic rings. The highest BCUT2D eigenvalue weighted by atomic mass is 35.5. The van der Waals surface area contributed by atoms with Gasteiger partial charge in [-0.05, 0) is 67.1 Å². The Morgan fingerprint density at radius 1 is 1.03 bits per heavy atom. The van der Waals surface area contributed by atoms with Crippen molar-refractivity contribution < 1.29 is 22.0 Å². The van der Waals surface area contributed by atoms with Crippen molar-refractivity contribution in [3.63, 3.8) is 0 Å². The van der Waals surface area contributed by atoms with Crippen molar-refractivity contribution in [3.05, 3.63) is 87.4 Å². The molecule has 3 aromatic carbocycles. The number of hydrogen-bond donors (Lipinski definition) is 2. The van der Waals surface area contributed by atoms with E-state index in [2.05, 4.69) is 22.0 Å². The molecule has 2 N–H and O–H groups in total. The van der Waals surface area contributed by atoms with Gasteiger partial charge in [-0.2, -0.15) is 0 Å². The number of amides is 1. The van der Waals surface area contributed by atoms with Crippen molar-refractivity contribution in [1.29, 1.82) is 0 Å². The molecule has 0 aliphatic carbocycles. The molecule has 0 fully saturated rings. The molecule has 3 rings (SSSR count). The minimum atomic E-state index is -4.17. The lowest BCUT2D eigenvalue weighted by molar-refractivity contribution is 0.102. The van der Waals surface area contributed by atoms with Gasteiger partial charge in [-0.15, -0.1) is 0 Å². The molecular weight excluding hydrogens is 531 g/mol. The number of sulfonamides is 1. The molecule has 11 heteroatoms. The average molecular weight is 554 g/mol. The van der Waals surface area contributed by atoms with Crippen LogP contribution in [0, 0.1) is 11.6 Å². The largest absolute Gasteiger partial charge is 0.322 e. The third-order valence-corrected chi connectivity index (χ3v) is 7.05. The summed E-state index contributed by atoms with van der Waals surface area (Å²) in [6.45, 7) is 2.23. The molecule has 0 unspecified atom stereocenters. The second-order valence-electron chi connectivity index (χ2n) is 7.77. The monoisotopic (exact) mass is 553 g/mol. The fraction of sp³-hybridized carbons (Fsp3) is 0.200. The molecule has 0 heterocycles. The number of benzene rings is 3. The Morgan fingerprint density at radius 2 is 1.81 bits per heavy atom.